The van der Waals surface area contributed by atoms with Gasteiger partial charge in [0.2, 0.25) is 0 Å². The molecule has 0 amide bonds. The Hall–Kier alpha value is 0.300. The lowest BCUT2D eigenvalue weighted by atomic mass is 10.1. The molecule has 0 radical (unpaired) electrons. The fourth-order valence-electron chi connectivity index (χ4n) is 2.67. The summed E-state index contributed by atoms with van der Waals surface area (Å²) in [4.78, 5) is 4.21. The molecule has 2 atom stereocenters. The zero-order valence-corrected chi connectivity index (χ0v) is 16.5. The Morgan fingerprint density at radius 1 is 1.24 bits per heavy atom. The average Bonchev–Trinajstić information content (AvgIpc) is 2.80. The highest BCUT2D eigenvalue weighted by Crippen LogP contribution is 2.24. The molecule has 8 heteroatoms. The maximum atomic E-state index is 11.4. The summed E-state index contributed by atoms with van der Waals surface area (Å²) in [6.45, 7) is 1.63. The monoisotopic (exact) mass is 447 g/mol. The number of guanidine groups is 1. The lowest BCUT2D eigenvalue weighted by molar-refractivity contribution is 0.565. The number of halogens is 1. The van der Waals surface area contributed by atoms with Crippen molar-refractivity contribution in [1.29, 1.82) is 0 Å². The van der Waals surface area contributed by atoms with Crippen LogP contribution in [0, 0.1) is 5.92 Å². The lowest BCUT2D eigenvalue weighted by Crippen LogP contribution is -2.42. The summed E-state index contributed by atoms with van der Waals surface area (Å²) in [6, 6.07) is 0. The van der Waals surface area contributed by atoms with Gasteiger partial charge in [0, 0.05) is 25.4 Å². The van der Waals surface area contributed by atoms with Gasteiger partial charge >= 0.3 is 0 Å². The van der Waals surface area contributed by atoms with Crippen LogP contribution in [0.4, 0.5) is 0 Å². The maximum absolute atomic E-state index is 11.4. The van der Waals surface area contributed by atoms with E-state index in [1.165, 1.54) is 25.0 Å². The molecule has 0 bridgehead atoms. The van der Waals surface area contributed by atoms with Crippen LogP contribution in [0.2, 0.25) is 0 Å². The van der Waals surface area contributed by atoms with Crippen LogP contribution in [-0.4, -0.2) is 57.0 Å². The first-order chi connectivity index (χ1) is 9.59. The molecule has 0 spiro atoms. The smallest absolute Gasteiger partial charge is 0.191 e. The molecule has 124 valence electrons. The first kappa shape index (κ1) is 19.3. The third-order valence-electron chi connectivity index (χ3n) is 3.88. The van der Waals surface area contributed by atoms with Crippen molar-refractivity contribution in [2.24, 2.45) is 10.9 Å². The minimum atomic E-state index is -2.78. The number of nitrogens with zero attached hydrogens (tertiary/aromatic N) is 1. The Balaban J connectivity index is 0.00000220. The molecular formula is C13H26IN3O2S2. The van der Waals surface area contributed by atoms with Gasteiger partial charge in [-0.25, -0.2) is 8.42 Å². The van der Waals surface area contributed by atoms with Crippen molar-refractivity contribution >= 4 is 51.5 Å². The van der Waals surface area contributed by atoms with Crippen LogP contribution in [0.15, 0.2) is 4.99 Å². The molecule has 21 heavy (non-hydrogen) atoms. The number of hydrogen-bond donors (Lipinski definition) is 2. The summed E-state index contributed by atoms with van der Waals surface area (Å²) in [5.74, 6) is 2.93. The molecule has 2 unspecified atom stereocenters. The number of rotatable bonds is 4. The summed E-state index contributed by atoms with van der Waals surface area (Å²) in [6.07, 6.45) is 4.70. The predicted molar refractivity (Wildman–Crippen MR) is 102 cm³/mol. The Morgan fingerprint density at radius 3 is 2.57 bits per heavy atom. The van der Waals surface area contributed by atoms with Crippen LogP contribution >= 0.6 is 35.7 Å². The second-order valence-electron chi connectivity index (χ2n) is 5.59. The van der Waals surface area contributed by atoms with Crippen LogP contribution in [0.25, 0.3) is 0 Å². The molecule has 0 aromatic carbocycles. The third kappa shape index (κ3) is 6.94. The van der Waals surface area contributed by atoms with E-state index >= 15 is 0 Å². The molecule has 2 rings (SSSR count). The predicted octanol–water partition coefficient (Wildman–Crippen LogP) is 1.49. The maximum Gasteiger partial charge on any atom is 0.191 e. The molecule has 2 fully saturated rings. The largest absolute Gasteiger partial charge is 0.356 e. The van der Waals surface area contributed by atoms with E-state index in [-0.39, 0.29) is 29.9 Å². The summed E-state index contributed by atoms with van der Waals surface area (Å²) in [5.41, 5.74) is 0. The fourth-order valence-corrected chi connectivity index (χ4v) is 5.77. The topological polar surface area (TPSA) is 70.6 Å². The van der Waals surface area contributed by atoms with E-state index in [1.54, 1.807) is 7.05 Å². The first-order valence-electron chi connectivity index (χ1n) is 7.35. The molecule has 2 aliphatic heterocycles. The molecule has 2 heterocycles. The van der Waals surface area contributed by atoms with Crippen LogP contribution in [0.3, 0.4) is 0 Å². The molecular weight excluding hydrogens is 421 g/mol. The van der Waals surface area contributed by atoms with Crippen LogP contribution < -0.4 is 10.6 Å². The van der Waals surface area contributed by atoms with Gasteiger partial charge < -0.3 is 10.6 Å². The van der Waals surface area contributed by atoms with Gasteiger partial charge in [0.05, 0.1) is 11.5 Å². The number of aliphatic imine (C=N–C) groups is 1. The van der Waals surface area contributed by atoms with Gasteiger partial charge in [0.25, 0.3) is 0 Å². The van der Waals surface area contributed by atoms with Crippen LogP contribution in [0.5, 0.6) is 0 Å². The highest BCUT2D eigenvalue weighted by Gasteiger charge is 2.27. The van der Waals surface area contributed by atoms with E-state index in [9.17, 15) is 8.42 Å². The van der Waals surface area contributed by atoms with Gasteiger partial charge in [-0.15, -0.1) is 24.0 Å². The third-order valence-corrected chi connectivity index (χ3v) is 7.11. The number of hydrogen-bond acceptors (Lipinski definition) is 4. The van der Waals surface area contributed by atoms with Gasteiger partial charge in [0.15, 0.2) is 15.8 Å². The highest BCUT2D eigenvalue weighted by molar-refractivity contribution is 14.0. The van der Waals surface area contributed by atoms with Crippen molar-refractivity contribution in [1.82, 2.24) is 10.6 Å². The van der Waals surface area contributed by atoms with Gasteiger partial charge in [0.1, 0.15) is 0 Å². The van der Waals surface area contributed by atoms with Gasteiger partial charge in [-0.05, 0) is 30.9 Å². The Labute approximate surface area is 149 Å². The van der Waals surface area contributed by atoms with Gasteiger partial charge in [-0.3, -0.25) is 4.99 Å². The van der Waals surface area contributed by atoms with Crippen molar-refractivity contribution in [3.8, 4) is 0 Å². The van der Waals surface area contributed by atoms with E-state index in [1.807, 2.05) is 11.8 Å². The zero-order chi connectivity index (χ0) is 14.4. The van der Waals surface area contributed by atoms with E-state index < -0.39 is 9.84 Å². The van der Waals surface area contributed by atoms with Crippen molar-refractivity contribution < 1.29 is 8.42 Å². The van der Waals surface area contributed by atoms with E-state index in [0.29, 0.717) is 23.3 Å². The first-order valence-corrected chi connectivity index (χ1v) is 10.2. The Morgan fingerprint density at radius 2 is 2.00 bits per heavy atom. The van der Waals surface area contributed by atoms with E-state index in [4.69, 9.17) is 0 Å². The molecule has 0 aromatic rings. The molecule has 0 aliphatic carbocycles. The Bertz CT molecular complexity index is 437. The minimum Gasteiger partial charge on any atom is -0.356 e. The minimum absolute atomic E-state index is 0. The molecule has 0 saturated carbocycles. The fraction of sp³-hybridized carbons (Fsp3) is 0.923. The quantitative estimate of drug-likeness (QED) is 0.388. The zero-order valence-electron chi connectivity index (χ0n) is 12.5. The Kier molecular flexibility index (Phi) is 8.70. The lowest BCUT2D eigenvalue weighted by Gasteiger charge is -2.23. The molecule has 2 aliphatic rings. The molecule has 2 saturated heterocycles. The number of sulfone groups is 1. The molecule has 2 N–H and O–H groups in total. The van der Waals surface area contributed by atoms with Crippen molar-refractivity contribution in [2.75, 3.05) is 37.4 Å². The van der Waals surface area contributed by atoms with Crippen molar-refractivity contribution in [2.45, 2.75) is 30.9 Å². The van der Waals surface area contributed by atoms with Crippen molar-refractivity contribution in [3.05, 3.63) is 0 Å². The van der Waals surface area contributed by atoms with E-state index in [2.05, 4.69) is 15.6 Å². The summed E-state index contributed by atoms with van der Waals surface area (Å²) < 4.78 is 22.8. The summed E-state index contributed by atoms with van der Waals surface area (Å²) >= 11 is 2.03. The van der Waals surface area contributed by atoms with Crippen LogP contribution in [-0.2, 0) is 9.84 Å². The van der Waals surface area contributed by atoms with Gasteiger partial charge in [-0.2, -0.15) is 11.8 Å². The highest BCUT2D eigenvalue weighted by atomic mass is 127. The van der Waals surface area contributed by atoms with E-state index in [0.717, 1.165) is 18.9 Å². The summed E-state index contributed by atoms with van der Waals surface area (Å²) in [7, 11) is -1.02. The average molecular weight is 447 g/mol. The molecule has 0 aromatic heterocycles. The standard InChI is InChI=1S/C13H25N3O2S2.HI/c1-14-13(16-9-12-4-2-3-6-19-12)15-8-11-5-7-20(17,18)10-11;/h11-12H,2-10H2,1H3,(H2,14,15,16);1H. The number of thioether (sulfide) groups is 1. The normalized spacial score (nSPS) is 28.7. The number of nitrogens with one attached hydrogen (secondary N) is 2. The van der Waals surface area contributed by atoms with Crippen LogP contribution in [0.1, 0.15) is 25.7 Å². The second-order valence-corrected chi connectivity index (χ2v) is 9.23. The van der Waals surface area contributed by atoms with Crippen molar-refractivity contribution in [3.63, 3.8) is 0 Å². The molecule has 5 nitrogen and oxygen atoms in total. The summed E-state index contributed by atoms with van der Waals surface area (Å²) in [5, 5.41) is 7.28. The van der Waals surface area contributed by atoms with Gasteiger partial charge in [-0.1, -0.05) is 6.42 Å². The second kappa shape index (κ2) is 9.44. The SMILES string of the molecule is CN=C(NCC1CCS(=O)(=O)C1)NCC1CCCCS1.I.